The molecule has 0 aliphatic heterocycles. The van der Waals surface area contributed by atoms with E-state index < -0.39 is 0 Å². The Hall–Kier alpha value is -2.16. The Morgan fingerprint density at radius 3 is 2.50 bits per heavy atom. The van der Waals surface area contributed by atoms with Gasteiger partial charge in [0.2, 0.25) is 0 Å². The van der Waals surface area contributed by atoms with Gasteiger partial charge in [-0.2, -0.15) is 0 Å². The van der Waals surface area contributed by atoms with Crippen LogP contribution >= 0.6 is 0 Å². The molecule has 0 saturated heterocycles. The fourth-order valence-electron chi connectivity index (χ4n) is 1.80. The molecule has 18 heavy (non-hydrogen) atoms. The number of rotatable bonds is 4. The molecular weight excluding hydrogens is 224 g/mol. The van der Waals surface area contributed by atoms with E-state index in [-0.39, 0.29) is 11.9 Å². The van der Waals surface area contributed by atoms with E-state index in [1.807, 2.05) is 43.3 Å². The number of carbonyl (C=O) groups is 1. The van der Waals surface area contributed by atoms with Crippen LogP contribution in [0.3, 0.4) is 0 Å². The molecule has 0 radical (unpaired) electrons. The average Bonchev–Trinajstić information content (AvgIpc) is 2.46. The van der Waals surface area contributed by atoms with Crippen LogP contribution in [0.2, 0.25) is 0 Å². The van der Waals surface area contributed by atoms with Crippen LogP contribution in [-0.4, -0.2) is 10.9 Å². The van der Waals surface area contributed by atoms with Gasteiger partial charge in [-0.05, 0) is 30.7 Å². The van der Waals surface area contributed by atoms with Crippen molar-refractivity contribution in [3.63, 3.8) is 0 Å². The largest absolute Gasteiger partial charge is 0.344 e. The van der Waals surface area contributed by atoms with E-state index in [9.17, 15) is 4.79 Å². The van der Waals surface area contributed by atoms with Crippen LogP contribution in [0.1, 0.15) is 35.4 Å². The number of pyridine rings is 1. The van der Waals surface area contributed by atoms with Crippen LogP contribution in [-0.2, 0) is 0 Å². The van der Waals surface area contributed by atoms with Gasteiger partial charge in [0.25, 0.3) is 5.91 Å². The van der Waals surface area contributed by atoms with Gasteiger partial charge in [0.05, 0.1) is 11.7 Å². The van der Waals surface area contributed by atoms with Gasteiger partial charge in [0.15, 0.2) is 0 Å². The molecule has 3 heteroatoms. The highest BCUT2D eigenvalue weighted by Gasteiger charge is 2.14. The Labute approximate surface area is 107 Å². The fraction of sp³-hybridized carbons (Fsp3) is 0.200. The van der Waals surface area contributed by atoms with E-state index >= 15 is 0 Å². The highest BCUT2D eigenvalue weighted by molar-refractivity contribution is 5.94. The summed E-state index contributed by atoms with van der Waals surface area (Å²) in [5, 5.41) is 3.00. The van der Waals surface area contributed by atoms with E-state index in [4.69, 9.17) is 0 Å². The predicted molar refractivity (Wildman–Crippen MR) is 71.2 cm³/mol. The molecule has 1 aromatic carbocycles. The molecule has 0 spiro atoms. The second kappa shape index (κ2) is 5.96. The molecule has 3 nitrogen and oxygen atoms in total. The number of aromatic nitrogens is 1. The van der Waals surface area contributed by atoms with Gasteiger partial charge in [-0.15, -0.1) is 0 Å². The van der Waals surface area contributed by atoms with Crippen LogP contribution < -0.4 is 5.32 Å². The summed E-state index contributed by atoms with van der Waals surface area (Å²) in [6, 6.07) is 14.9. The molecule has 1 N–H and O–H groups in total. The first-order chi connectivity index (χ1) is 8.81. The van der Waals surface area contributed by atoms with Gasteiger partial charge < -0.3 is 5.32 Å². The van der Waals surface area contributed by atoms with E-state index in [0.717, 1.165) is 12.1 Å². The van der Waals surface area contributed by atoms with Crippen molar-refractivity contribution in [1.29, 1.82) is 0 Å². The highest BCUT2D eigenvalue weighted by Crippen LogP contribution is 2.14. The SMILES string of the molecule is CC[C@H](NC(=O)c1ccccc1)c1ccccn1. The van der Waals surface area contributed by atoms with Crippen molar-refractivity contribution in [2.24, 2.45) is 0 Å². The van der Waals surface area contributed by atoms with Crippen molar-refractivity contribution in [2.75, 3.05) is 0 Å². The van der Waals surface area contributed by atoms with Crippen molar-refractivity contribution >= 4 is 5.91 Å². The standard InChI is InChI=1S/C15H16N2O/c1-2-13(14-10-6-7-11-16-14)17-15(18)12-8-4-3-5-9-12/h3-11,13H,2H2,1H3,(H,17,18)/t13-/m0/s1. The van der Waals surface area contributed by atoms with Crippen LogP contribution in [0.15, 0.2) is 54.7 Å². The molecule has 92 valence electrons. The molecule has 1 atom stereocenters. The van der Waals surface area contributed by atoms with Gasteiger partial charge >= 0.3 is 0 Å². The van der Waals surface area contributed by atoms with Gasteiger partial charge in [-0.1, -0.05) is 31.2 Å². The second-order valence-electron chi connectivity index (χ2n) is 4.05. The topological polar surface area (TPSA) is 42.0 Å². The Morgan fingerprint density at radius 2 is 1.89 bits per heavy atom. The molecule has 1 heterocycles. The van der Waals surface area contributed by atoms with Gasteiger partial charge in [-0.25, -0.2) is 0 Å². The Bertz CT molecular complexity index is 496. The number of nitrogens with zero attached hydrogens (tertiary/aromatic N) is 1. The Morgan fingerprint density at radius 1 is 1.17 bits per heavy atom. The zero-order valence-corrected chi connectivity index (χ0v) is 10.3. The number of amides is 1. The molecule has 0 fully saturated rings. The number of benzene rings is 1. The summed E-state index contributed by atoms with van der Waals surface area (Å²) < 4.78 is 0. The summed E-state index contributed by atoms with van der Waals surface area (Å²) in [5.74, 6) is -0.0619. The van der Waals surface area contributed by atoms with E-state index in [2.05, 4.69) is 10.3 Å². The van der Waals surface area contributed by atoms with Crippen LogP contribution in [0.25, 0.3) is 0 Å². The summed E-state index contributed by atoms with van der Waals surface area (Å²) in [5.41, 5.74) is 1.57. The molecule has 1 aromatic heterocycles. The van der Waals surface area contributed by atoms with Crippen LogP contribution in [0.4, 0.5) is 0 Å². The first kappa shape index (κ1) is 12.3. The number of hydrogen-bond acceptors (Lipinski definition) is 2. The maximum Gasteiger partial charge on any atom is 0.251 e. The third kappa shape index (κ3) is 2.94. The summed E-state index contributed by atoms with van der Waals surface area (Å²) in [4.78, 5) is 16.3. The lowest BCUT2D eigenvalue weighted by Crippen LogP contribution is -2.28. The van der Waals surface area contributed by atoms with Crippen LogP contribution in [0, 0.1) is 0 Å². The smallest absolute Gasteiger partial charge is 0.251 e. The summed E-state index contributed by atoms with van der Waals surface area (Å²) in [7, 11) is 0. The molecule has 2 rings (SSSR count). The first-order valence-electron chi connectivity index (χ1n) is 6.08. The summed E-state index contributed by atoms with van der Waals surface area (Å²) in [6.45, 7) is 2.03. The van der Waals surface area contributed by atoms with Crippen molar-refractivity contribution in [2.45, 2.75) is 19.4 Å². The van der Waals surface area contributed by atoms with E-state index in [0.29, 0.717) is 5.56 Å². The molecule has 0 aliphatic rings. The third-order valence-corrected chi connectivity index (χ3v) is 2.79. The quantitative estimate of drug-likeness (QED) is 0.892. The lowest BCUT2D eigenvalue weighted by Gasteiger charge is -2.16. The summed E-state index contributed by atoms with van der Waals surface area (Å²) >= 11 is 0. The molecular formula is C15H16N2O. The van der Waals surface area contributed by atoms with Gasteiger partial charge in [-0.3, -0.25) is 9.78 Å². The molecule has 0 aliphatic carbocycles. The average molecular weight is 240 g/mol. The minimum absolute atomic E-state index is 0.0427. The predicted octanol–water partition coefficient (Wildman–Crippen LogP) is 2.96. The normalized spacial score (nSPS) is 11.8. The van der Waals surface area contributed by atoms with Crippen molar-refractivity contribution in [3.8, 4) is 0 Å². The zero-order valence-electron chi connectivity index (χ0n) is 10.3. The van der Waals surface area contributed by atoms with Gasteiger partial charge in [0, 0.05) is 11.8 Å². The number of hydrogen-bond donors (Lipinski definition) is 1. The fourth-order valence-corrected chi connectivity index (χ4v) is 1.80. The molecule has 2 aromatic rings. The van der Waals surface area contributed by atoms with Gasteiger partial charge in [0.1, 0.15) is 0 Å². The molecule has 0 unspecified atom stereocenters. The maximum absolute atomic E-state index is 12.0. The monoisotopic (exact) mass is 240 g/mol. The highest BCUT2D eigenvalue weighted by atomic mass is 16.1. The summed E-state index contributed by atoms with van der Waals surface area (Å²) in [6.07, 6.45) is 2.56. The van der Waals surface area contributed by atoms with E-state index in [1.54, 1.807) is 18.3 Å². The molecule has 0 saturated carbocycles. The molecule has 1 amide bonds. The second-order valence-corrected chi connectivity index (χ2v) is 4.05. The maximum atomic E-state index is 12.0. The van der Waals surface area contributed by atoms with Crippen molar-refractivity contribution in [1.82, 2.24) is 10.3 Å². The minimum atomic E-state index is -0.0619. The number of carbonyl (C=O) groups excluding carboxylic acids is 1. The minimum Gasteiger partial charge on any atom is -0.344 e. The Kier molecular flexibility index (Phi) is 4.07. The lowest BCUT2D eigenvalue weighted by molar-refractivity contribution is 0.0934. The number of nitrogens with one attached hydrogen (secondary N) is 1. The van der Waals surface area contributed by atoms with E-state index in [1.165, 1.54) is 0 Å². The third-order valence-electron chi connectivity index (χ3n) is 2.79. The van der Waals surface area contributed by atoms with Crippen molar-refractivity contribution < 1.29 is 4.79 Å². The lowest BCUT2D eigenvalue weighted by atomic mass is 10.1. The zero-order chi connectivity index (χ0) is 12.8. The van der Waals surface area contributed by atoms with Crippen LogP contribution in [0.5, 0.6) is 0 Å². The first-order valence-corrected chi connectivity index (χ1v) is 6.08. The van der Waals surface area contributed by atoms with Crippen molar-refractivity contribution in [3.05, 3.63) is 66.0 Å². The Balaban J connectivity index is 2.10. The molecule has 0 bridgehead atoms.